The van der Waals surface area contributed by atoms with Crippen LogP contribution in [0.1, 0.15) is 128 Å². The molecule has 6 unspecified atom stereocenters. The quantitative estimate of drug-likeness (QED) is 0.166. The van der Waals surface area contributed by atoms with Crippen molar-refractivity contribution < 1.29 is 4.42 Å². The summed E-state index contributed by atoms with van der Waals surface area (Å²) in [4.78, 5) is 2.81. The molecule has 3 heteroatoms. The van der Waals surface area contributed by atoms with Gasteiger partial charge in [-0.3, -0.25) is 0 Å². The standard InChI is InChI=1S/C57H59BNO/c1-32-27-43-44(55(5,6)26-25-54(43,3)4)31-46(32)59-47-29-38-36-19-12-14-21-39(36)56(7,8)42(38)30-45(47)58-52-48(59)28-34-17-10-11-18-35(34)51(52)40-22-16-23-41-53-50(33(2)57(40,41)9)37-20-13-15-24-49(37)60-53/h10-24,28-29,31-33,41-44H,25-27,30H2,1-9H3/t32?,33-,41?,42?,43?,44?,57?/m0/s1. The number of fused-ring (bicyclic) bond motifs is 11. The van der Waals surface area contributed by atoms with Crippen LogP contribution in [0.3, 0.4) is 0 Å². The van der Waals surface area contributed by atoms with Crippen LogP contribution in [0, 0.1) is 39.9 Å². The second-order valence-electron chi connectivity index (χ2n) is 22.1. The van der Waals surface area contributed by atoms with E-state index in [9.17, 15) is 0 Å². The summed E-state index contributed by atoms with van der Waals surface area (Å²) in [5, 5.41) is 3.93. The predicted octanol–water partition coefficient (Wildman–Crippen LogP) is 14.2. The van der Waals surface area contributed by atoms with E-state index in [0.29, 0.717) is 29.1 Å². The van der Waals surface area contributed by atoms with Crippen molar-refractivity contribution in [3.63, 3.8) is 0 Å². The van der Waals surface area contributed by atoms with Gasteiger partial charge in [0.25, 0.3) is 0 Å². The fourth-order valence-corrected chi connectivity index (χ4v) is 14.1. The van der Waals surface area contributed by atoms with Crippen molar-refractivity contribution in [3.8, 4) is 0 Å². The van der Waals surface area contributed by atoms with E-state index >= 15 is 0 Å². The lowest BCUT2D eigenvalue weighted by Crippen LogP contribution is -2.49. The first kappa shape index (κ1) is 37.0. The van der Waals surface area contributed by atoms with Gasteiger partial charge in [-0.05, 0) is 128 Å². The lowest BCUT2D eigenvalue weighted by Gasteiger charge is -2.55. The van der Waals surface area contributed by atoms with Gasteiger partial charge in [0.05, 0.1) is 0 Å². The van der Waals surface area contributed by atoms with Gasteiger partial charge in [0.15, 0.2) is 7.28 Å². The summed E-state index contributed by atoms with van der Waals surface area (Å²) in [6, 6.07) is 29.8. The Kier molecular flexibility index (Phi) is 7.54. The highest BCUT2D eigenvalue weighted by atomic mass is 16.3. The van der Waals surface area contributed by atoms with Gasteiger partial charge < -0.3 is 9.32 Å². The molecule has 0 bridgehead atoms. The summed E-state index contributed by atoms with van der Waals surface area (Å²) in [7, 11) is 2.66. The average molecular weight is 785 g/mol. The fourth-order valence-electron chi connectivity index (χ4n) is 14.1. The van der Waals surface area contributed by atoms with Crippen LogP contribution in [0.5, 0.6) is 0 Å². The largest absolute Gasteiger partial charge is 0.460 e. The molecule has 1 aromatic heterocycles. The smallest absolute Gasteiger partial charge is 0.192 e. The van der Waals surface area contributed by atoms with E-state index in [-0.39, 0.29) is 28.1 Å². The Morgan fingerprint density at radius 3 is 2.38 bits per heavy atom. The normalized spacial score (nSPS) is 31.2. The molecule has 301 valence electrons. The Labute approximate surface area is 358 Å². The molecule has 0 saturated heterocycles. The van der Waals surface area contributed by atoms with E-state index in [4.69, 9.17) is 4.42 Å². The first-order valence-corrected chi connectivity index (χ1v) is 23.1. The third-order valence-electron chi connectivity index (χ3n) is 17.9. The van der Waals surface area contributed by atoms with Gasteiger partial charge in [-0.25, -0.2) is 0 Å². The Balaban J connectivity index is 1.11. The molecule has 0 amide bonds. The molecule has 1 radical (unpaired) electrons. The summed E-state index contributed by atoms with van der Waals surface area (Å²) in [5.74, 6) is 3.64. The maximum atomic E-state index is 6.82. The average Bonchev–Trinajstić information content (AvgIpc) is 3.80. The third kappa shape index (κ3) is 4.73. The molecule has 2 heterocycles. The minimum atomic E-state index is -0.185. The second-order valence-corrected chi connectivity index (χ2v) is 22.1. The Bertz CT molecular complexity index is 2870. The zero-order chi connectivity index (χ0) is 41.2. The number of furan rings is 1. The van der Waals surface area contributed by atoms with Gasteiger partial charge >= 0.3 is 0 Å². The molecule has 4 aromatic carbocycles. The molecule has 5 aromatic rings. The van der Waals surface area contributed by atoms with Crippen molar-refractivity contribution >= 4 is 51.3 Å². The first-order valence-electron chi connectivity index (χ1n) is 23.1. The van der Waals surface area contributed by atoms with E-state index in [2.05, 4.69) is 184 Å². The molecule has 0 N–H and O–H groups in total. The zero-order valence-corrected chi connectivity index (χ0v) is 37.1. The summed E-state index contributed by atoms with van der Waals surface area (Å²) < 4.78 is 6.82. The maximum Gasteiger partial charge on any atom is 0.192 e. The van der Waals surface area contributed by atoms with E-state index in [0.717, 1.165) is 17.8 Å². The molecule has 7 aliphatic rings. The number of anilines is 1. The number of benzene rings is 4. The number of hydrogen-bond acceptors (Lipinski definition) is 2. The van der Waals surface area contributed by atoms with Crippen molar-refractivity contribution in [1.82, 2.24) is 0 Å². The number of nitrogens with zero attached hydrogens (tertiary/aromatic N) is 1. The highest BCUT2D eigenvalue weighted by Gasteiger charge is 2.55. The van der Waals surface area contributed by atoms with E-state index < -0.39 is 0 Å². The number of rotatable bonds is 2. The van der Waals surface area contributed by atoms with Crippen LogP contribution in [-0.2, 0) is 5.41 Å². The summed E-state index contributed by atoms with van der Waals surface area (Å²) in [6.07, 6.45) is 17.5. The molecule has 12 rings (SSSR count). The summed E-state index contributed by atoms with van der Waals surface area (Å²) in [5.41, 5.74) is 17.3. The summed E-state index contributed by atoms with van der Waals surface area (Å²) in [6.45, 7) is 22.7. The van der Waals surface area contributed by atoms with Crippen molar-refractivity contribution in [3.05, 3.63) is 154 Å². The first-order chi connectivity index (χ1) is 28.7. The summed E-state index contributed by atoms with van der Waals surface area (Å²) >= 11 is 0. The molecule has 6 aliphatic carbocycles. The van der Waals surface area contributed by atoms with Crippen molar-refractivity contribution in [1.29, 1.82) is 0 Å². The molecule has 1 aliphatic heterocycles. The number of hydrogen-bond donors (Lipinski definition) is 0. The molecule has 7 atom stereocenters. The van der Waals surface area contributed by atoms with Crippen molar-refractivity contribution in [2.75, 3.05) is 4.90 Å². The van der Waals surface area contributed by atoms with Gasteiger partial charge in [-0.15, -0.1) is 0 Å². The van der Waals surface area contributed by atoms with Crippen LogP contribution in [0.2, 0.25) is 0 Å². The van der Waals surface area contributed by atoms with E-state index in [1.54, 1.807) is 0 Å². The van der Waals surface area contributed by atoms with Gasteiger partial charge in [0.1, 0.15) is 11.3 Å². The minimum absolute atomic E-state index is 0.0492. The topological polar surface area (TPSA) is 16.4 Å². The Morgan fingerprint density at radius 2 is 1.55 bits per heavy atom. The van der Waals surface area contributed by atoms with Gasteiger partial charge in [0.2, 0.25) is 0 Å². The molecular formula is C57H59BNO. The zero-order valence-electron chi connectivity index (χ0n) is 37.1. The van der Waals surface area contributed by atoms with E-state index in [1.165, 1.54) is 96.8 Å². The molecule has 1 fully saturated rings. The monoisotopic (exact) mass is 784 g/mol. The number of para-hydroxylation sites is 1. The van der Waals surface area contributed by atoms with Crippen LogP contribution < -0.4 is 10.4 Å². The van der Waals surface area contributed by atoms with Crippen LogP contribution in [0.4, 0.5) is 5.69 Å². The minimum Gasteiger partial charge on any atom is -0.460 e. The van der Waals surface area contributed by atoms with Crippen molar-refractivity contribution in [2.45, 2.75) is 105 Å². The highest BCUT2D eigenvalue weighted by molar-refractivity contribution is 6.66. The SMILES string of the molecule is CC1CC2C(C=C1N1C3=C([B]c4c1cc1ccccc1c4C1=CC=CC4c5oc6ccccc6c5[C@H](C)C14C)CC1C(=C3)c3ccccc3C1(C)C)C(C)(C)CCC2(C)C. The van der Waals surface area contributed by atoms with Gasteiger partial charge in [-0.1, -0.05) is 164 Å². The molecule has 60 heavy (non-hydrogen) atoms. The fraction of sp³-hybridized carbons (Fsp3) is 0.404. The molecule has 2 nitrogen and oxygen atoms in total. The van der Waals surface area contributed by atoms with Gasteiger partial charge in [-0.2, -0.15) is 0 Å². The van der Waals surface area contributed by atoms with Crippen LogP contribution in [0.15, 0.2) is 131 Å². The van der Waals surface area contributed by atoms with E-state index in [1.807, 2.05) is 0 Å². The van der Waals surface area contributed by atoms with Gasteiger partial charge in [0, 0.05) is 39.4 Å². The van der Waals surface area contributed by atoms with Crippen molar-refractivity contribution in [2.24, 2.45) is 39.9 Å². The molecular weight excluding hydrogens is 725 g/mol. The van der Waals surface area contributed by atoms with Crippen LogP contribution in [0.25, 0.3) is 32.9 Å². The second kappa shape index (κ2) is 12.2. The maximum absolute atomic E-state index is 6.82. The molecule has 1 saturated carbocycles. The highest BCUT2D eigenvalue weighted by Crippen LogP contribution is 2.66. The predicted molar refractivity (Wildman–Crippen MR) is 253 cm³/mol. The Hall–Kier alpha value is -4.76. The number of allylic oxidation sites excluding steroid dienone is 9. The van der Waals surface area contributed by atoms with Crippen LogP contribution in [-0.4, -0.2) is 7.28 Å². The Morgan fingerprint density at radius 1 is 0.817 bits per heavy atom. The lowest BCUT2D eigenvalue weighted by molar-refractivity contribution is -0.0108. The third-order valence-corrected chi connectivity index (χ3v) is 17.9. The lowest BCUT2D eigenvalue weighted by atomic mass is 9.50. The van der Waals surface area contributed by atoms with Crippen LogP contribution >= 0.6 is 0 Å². The molecule has 0 spiro atoms.